The van der Waals surface area contributed by atoms with Crippen LogP contribution in [0.25, 0.3) is 0 Å². The summed E-state index contributed by atoms with van der Waals surface area (Å²) < 4.78 is 33.6. The Bertz CT molecular complexity index is 427. The predicted octanol–water partition coefficient (Wildman–Crippen LogP) is 1.17. The number of amides is 1. The van der Waals surface area contributed by atoms with Crippen molar-refractivity contribution in [2.24, 2.45) is 11.5 Å². The molecular weight excluding hydrogens is 246 g/mol. The van der Waals surface area contributed by atoms with Crippen LogP contribution >= 0.6 is 0 Å². The van der Waals surface area contributed by atoms with Crippen molar-refractivity contribution in [3.8, 4) is 11.5 Å². The van der Waals surface area contributed by atoms with E-state index in [0.29, 0.717) is 5.56 Å². The normalized spacial score (nSPS) is 12.3. The van der Waals surface area contributed by atoms with Gasteiger partial charge in [-0.1, -0.05) is 6.07 Å². The Labute approximate surface area is 103 Å². The fourth-order valence-corrected chi connectivity index (χ4v) is 1.45. The van der Waals surface area contributed by atoms with Crippen LogP contribution in [0.3, 0.4) is 0 Å². The van der Waals surface area contributed by atoms with Gasteiger partial charge in [0, 0.05) is 12.5 Å². The zero-order valence-corrected chi connectivity index (χ0v) is 9.73. The summed E-state index contributed by atoms with van der Waals surface area (Å²) in [7, 11) is 1.33. The highest BCUT2D eigenvalue weighted by atomic mass is 19.3. The summed E-state index contributed by atoms with van der Waals surface area (Å²) in [5.41, 5.74) is 11.2. The summed E-state index contributed by atoms with van der Waals surface area (Å²) in [6.07, 6.45) is -0.0829. The largest absolute Gasteiger partial charge is 0.493 e. The lowest BCUT2D eigenvalue weighted by Crippen LogP contribution is -2.20. The predicted molar refractivity (Wildman–Crippen MR) is 60.4 cm³/mol. The molecule has 1 aromatic rings. The van der Waals surface area contributed by atoms with E-state index in [1.54, 1.807) is 6.07 Å². The van der Waals surface area contributed by atoms with Gasteiger partial charge in [-0.05, 0) is 17.7 Å². The summed E-state index contributed by atoms with van der Waals surface area (Å²) in [6.45, 7) is -2.97. The lowest BCUT2D eigenvalue weighted by molar-refractivity contribution is -0.118. The molecule has 0 aromatic heterocycles. The van der Waals surface area contributed by atoms with Crippen molar-refractivity contribution < 1.29 is 23.0 Å². The average Bonchev–Trinajstić information content (AvgIpc) is 2.27. The number of ether oxygens (including phenoxy) is 2. The second-order valence-electron chi connectivity index (χ2n) is 3.57. The number of carbonyl (C=O) groups excluding carboxylic acids is 1. The van der Waals surface area contributed by atoms with E-state index in [-0.39, 0.29) is 17.9 Å². The van der Waals surface area contributed by atoms with E-state index in [1.165, 1.54) is 19.2 Å². The van der Waals surface area contributed by atoms with Crippen LogP contribution in [0.15, 0.2) is 18.2 Å². The van der Waals surface area contributed by atoms with E-state index < -0.39 is 18.6 Å². The van der Waals surface area contributed by atoms with Crippen LogP contribution in [0.2, 0.25) is 0 Å². The first-order valence-corrected chi connectivity index (χ1v) is 5.10. The standard InChI is InChI=1S/C11H14F2N2O3/c1-17-8-3-2-6(7(14)5-10(15)16)4-9(8)18-11(12)13/h2-4,7,11H,5,14H2,1H3,(H2,15,16)/t7-/m1/s1. The minimum absolute atomic E-state index is 0.0829. The summed E-state index contributed by atoms with van der Waals surface area (Å²) in [5, 5.41) is 0. The maximum atomic E-state index is 12.2. The van der Waals surface area contributed by atoms with Gasteiger partial charge in [-0.15, -0.1) is 0 Å². The highest BCUT2D eigenvalue weighted by Crippen LogP contribution is 2.31. The molecule has 18 heavy (non-hydrogen) atoms. The van der Waals surface area contributed by atoms with Crippen molar-refractivity contribution in [2.45, 2.75) is 19.1 Å². The molecule has 0 aliphatic carbocycles. The number of nitrogens with two attached hydrogens (primary N) is 2. The van der Waals surface area contributed by atoms with Gasteiger partial charge in [0.25, 0.3) is 0 Å². The van der Waals surface area contributed by atoms with E-state index >= 15 is 0 Å². The molecule has 0 bridgehead atoms. The third kappa shape index (κ3) is 3.85. The number of rotatable bonds is 6. The Morgan fingerprint density at radius 3 is 2.56 bits per heavy atom. The molecule has 1 amide bonds. The first kappa shape index (κ1) is 14.2. The van der Waals surface area contributed by atoms with Crippen LogP contribution in [-0.2, 0) is 4.79 Å². The quantitative estimate of drug-likeness (QED) is 0.803. The minimum atomic E-state index is -2.97. The SMILES string of the molecule is COc1ccc([C@H](N)CC(N)=O)cc1OC(F)F. The third-order valence-electron chi connectivity index (χ3n) is 2.25. The van der Waals surface area contributed by atoms with Crippen LogP contribution in [-0.4, -0.2) is 19.6 Å². The number of alkyl halides is 2. The minimum Gasteiger partial charge on any atom is -0.493 e. The molecule has 1 atom stereocenters. The number of hydrogen-bond acceptors (Lipinski definition) is 4. The lowest BCUT2D eigenvalue weighted by Gasteiger charge is -2.14. The summed E-state index contributed by atoms with van der Waals surface area (Å²) in [4.78, 5) is 10.7. The second kappa shape index (κ2) is 6.15. The van der Waals surface area contributed by atoms with Crippen molar-refractivity contribution in [1.29, 1.82) is 0 Å². The van der Waals surface area contributed by atoms with Gasteiger partial charge in [0.1, 0.15) is 0 Å². The van der Waals surface area contributed by atoms with E-state index in [2.05, 4.69) is 4.74 Å². The second-order valence-corrected chi connectivity index (χ2v) is 3.57. The fraction of sp³-hybridized carbons (Fsp3) is 0.364. The van der Waals surface area contributed by atoms with Gasteiger partial charge in [-0.25, -0.2) is 0 Å². The van der Waals surface area contributed by atoms with Gasteiger partial charge < -0.3 is 20.9 Å². The molecule has 0 radical (unpaired) electrons. The Morgan fingerprint density at radius 1 is 1.39 bits per heavy atom. The number of primary amides is 1. The molecule has 5 nitrogen and oxygen atoms in total. The molecule has 0 aliphatic rings. The Morgan fingerprint density at radius 2 is 2.06 bits per heavy atom. The zero-order valence-electron chi connectivity index (χ0n) is 9.73. The van der Waals surface area contributed by atoms with Crippen molar-refractivity contribution in [3.63, 3.8) is 0 Å². The van der Waals surface area contributed by atoms with E-state index in [0.717, 1.165) is 0 Å². The molecule has 7 heteroatoms. The number of carbonyl (C=O) groups is 1. The molecule has 0 unspecified atom stereocenters. The van der Waals surface area contributed by atoms with Gasteiger partial charge in [0.2, 0.25) is 5.91 Å². The Kier molecular flexibility index (Phi) is 4.85. The first-order chi connectivity index (χ1) is 8.43. The molecule has 0 saturated heterocycles. The number of methoxy groups -OCH3 is 1. The lowest BCUT2D eigenvalue weighted by atomic mass is 10.0. The summed E-state index contributed by atoms with van der Waals surface area (Å²) in [5.74, 6) is -0.551. The molecule has 100 valence electrons. The van der Waals surface area contributed by atoms with E-state index in [1.807, 2.05) is 0 Å². The zero-order chi connectivity index (χ0) is 13.7. The van der Waals surface area contributed by atoms with Crippen LogP contribution in [0.1, 0.15) is 18.0 Å². The Balaban J connectivity index is 2.97. The molecule has 0 fully saturated rings. The van der Waals surface area contributed by atoms with Crippen LogP contribution in [0, 0.1) is 0 Å². The Hall–Kier alpha value is -1.89. The van der Waals surface area contributed by atoms with E-state index in [4.69, 9.17) is 16.2 Å². The third-order valence-corrected chi connectivity index (χ3v) is 2.25. The van der Waals surface area contributed by atoms with E-state index in [9.17, 15) is 13.6 Å². The highest BCUT2D eigenvalue weighted by Gasteiger charge is 2.15. The summed E-state index contributed by atoms with van der Waals surface area (Å²) in [6, 6.07) is 3.63. The molecule has 0 spiro atoms. The van der Waals surface area contributed by atoms with Crippen molar-refractivity contribution in [1.82, 2.24) is 0 Å². The fourth-order valence-electron chi connectivity index (χ4n) is 1.45. The number of benzene rings is 1. The smallest absolute Gasteiger partial charge is 0.387 e. The summed E-state index contributed by atoms with van der Waals surface area (Å²) >= 11 is 0. The van der Waals surface area contributed by atoms with Gasteiger partial charge in [0.05, 0.1) is 7.11 Å². The molecule has 4 N–H and O–H groups in total. The van der Waals surface area contributed by atoms with Crippen molar-refractivity contribution in [3.05, 3.63) is 23.8 Å². The maximum Gasteiger partial charge on any atom is 0.387 e. The average molecular weight is 260 g/mol. The monoisotopic (exact) mass is 260 g/mol. The highest BCUT2D eigenvalue weighted by molar-refractivity contribution is 5.74. The molecular formula is C11H14F2N2O3. The molecule has 0 heterocycles. The number of hydrogen-bond donors (Lipinski definition) is 2. The van der Waals surface area contributed by atoms with Crippen molar-refractivity contribution >= 4 is 5.91 Å². The topological polar surface area (TPSA) is 87.6 Å². The molecule has 0 aliphatic heterocycles. The van der Waals surface area contributed by atoms with Gasteiger partial charge in [0.15, 0.2) is 11.5 Å². The van der Waals surface area contributed by atoms with Crippen LogP contribution < -0.4 is 20.9 Å². The first-order valence-electron chi connectivity index (χ1n) is 5.10. The molecule has 0 saturated carbocycles. The number of halogens is 2. The van der Waals surface area contributed by atoms with Gasteiger partial charge in [-0.3, -0.25) is 4.79 Å². The maximum absolute atomic E-state index is 12.2. The van der Waals surface area contributed by atoms with Crippen molar-refractivity contribution in [2.75, 3.05) is 7.11 Å². The molecule has 1 aromatic carbocycles. The van der Waals surface area contributed by atoms with Crippen LogP contribution in [0.4, 0.5) is 8.78 Å². The molecule has 1 rings (SSSR count). The van der Waals surface area contributed by atoms with Gasteiger partial charge in [-0.2, -0.15) is 8.78 Å². The van der Waals surface area contributed by atoms with Crippen LogP contribution in [0.5, 0.6) is 11.5 Å². The van der Waals surface area contributed by atoms with Gasteiger partial charge >= 0.3 is 6.61 Å².